The number of nitrogens with zero attached hydrogens (tertiary/aromatic N) is 1. The van der Waals surface area contributed by atoms with Crippen LogP contribution in [-0.2, 0) is 4.74 Å². The van der Waals surface area contributed by atoms with Gasteiger partial charge >= 0.3 is 0 Å². The number of rotatable bonds is 6. The number of hydrogen-bond acceptors (Lipinski definition) is 3. The molecule has 118 valence electrons. The van der Waals surface area contributed by atoms with Crippen LogP contribution < -0.4 is 5.32 Å². The summed E-state index contributed by atoms with van der Waals surface area (Å²) in [5.41, 5.74) is 0. The van der Waals surface area contributed by atoms with Gasteiger partial charge < -0.3 is 10.1 Å². The summed E-state index contributed by atoms with van der Waals surface area (Å²) in [6, 6.07) is 0.542. The number of likely N-dealkylation sites (N-methyl/N-ethyl adjacent to an activating group) is 1. The van der Waals surface area contributed by atoms with Crippen molar-refractivity contribution in [3.63, 3.8) is 0 Å². The highest BCUT2D eigenvalue weighted by molar-refractivity contribution is 4.91. The second kappa shape index (κ2) is 8.35. The molecule has 3 nitrogen and oxygen atoms in total. The largest absolute Gasteiger partial charge is 0.374 e. The zero-order chi connectivity index (χ0) is 14.4. The van der Waals surface area contributed by atoms with E-state index in [0.717, 1.165) is 31.5 Å². The SMILES string of the molecule is CCCN1CCOC(C(NC)C2CCCCC2CC)C1. The van der Waals surface area contributed by atoms with Crippen LogP contribution >= 0.6 is 0 Å². The molecule has 1 saturated carbocycles. The van der Waals surface area contributed by atoms with E-state index < -0.39 is 0 Å². The van der Waals surface area contributed by atoms with Crippen LogP contribution in [0.4, 0.5) is 0 Å². The maximum atomic E-state index is 6.15. The molecule has 2 aliphatic rings. The lowest BCUT2D eigenvalue weighted by atomic mass is 9.72. The van der Waals surface area contributed by atoms with E-state index in [9.17, 15) is 0 Å². The highest BCUT2D eigenvalue weighted by Crippen LogP contribution is 2.36. The Morgan fingerprint density at radius 3 is 2.75 bits per heavy atom. The van der Waals surface area contributed by atoms with E-state index >= 15 is 0 Å². The average molecular weight is 282 g/mol. The van der Waals surface area contributed by atoms with Crippen LogP contribution in [0.25, 0.3) is 0 Å². The van der Waals surface area contributed by atoms with Crippen LogP contribution in [0.3, 0.4) is 0 Å². The van der Waals surface area contributed by atoms with E-state index in [1.807, 2.05) is 0 Å². The van der Waals surface area contributed by atoms with E-state index in [1.165, 1.54) is 45.1 Å². The van der Waals surface area contributed by atoms with Crippen molar-refractivity contribution < 1.29 is 4.74 Å². The Labute approximate surface area is 125 Å². The molecule has 0 amide bonds. The van der Waals surface area contributed by atoms with Crippen LogP contribution in [0.2, 0.25) is 0 Å². The first-order valence-electron chi connectivity index (χ1n) is 8.81. The molecule has 2 fully saturated rings. The number of hydrogen-bond donors (Lipinski definition) is 1. The fourth-order valence-corrected chi connectivity index (χ4v) is 4.36. The smallest absolute Gasteiger partial charge is 0.0857 e. The van der Waals surface area contributed by atoms with E-state index in [2.05, 4.69) is 31.1 Å². The van der Waals surface area contributed by atoms with Gasteiger partial charge in [-0.15, -0.1) is 0 Å². The van der Waals surface area contributed by atoms with Gasteiger partial charge in [0.2, 0.25) is 0 Å². The third-order valence-electron chi connectivity index (χ3n) is 5.40. The Hall–Kier alpha value is -0.120. The van der Waals surface area contributed by atoms with Crippen LogP contribution in [0, 0.1) is 11.8 Å². The molecule has 2 rings (SSSR count). The zero-order valence-corrected chi connectivity index (χ0v) is 13.7. The van der Waals surface area contributed by atoms with Crippen molar-refractivity contribution in [2.45, 2.75) is 64.5 Å². The van der Waals surface area contributed by atoms with Crippen LogP contribution in [-0.4, -0.2) is 50.3 Å². The molecule has 4 atom stereocenters. The Morgan fingerprint density at radius 2 is 2.05 bits per heavy atom. The summed E-state index contributed by atoms with van der Waals surface area (Å²) in [4.78, 5) is 2.59. The van der Waals surface area contributed by atoms with Crippen molar-refractivity contribution in [2.75, 3.05) is 33.3 Å². The molecule has 3 heteroatoms. The fourth-order valence-electron chi connectivity index (χ4n) is 4.36. The molecule has 0 aromatic heterocycles. The quantitative estimate of drug-likeness (QED) is 0.811. The summed E-state index contributed by atoms with van der Waals surface area (Å²) in [6.45, 7) is 8.99. The third kappa shape index (κ3) is 3.96. The molecule has 1 aliphatic heterocycles. The molecule has 1 aliphatic carbocycles. The Bertz CT molecular complexity index is 270. The molecular formula is C17H34N2O. The highest BCUT2D eigenvalue weighted by Gasteiger charge is 2.36. The summed E-state index contributed by atoms with van der Waals surface area (Å²) in [5, 5.41) is 3.62. The molecule has 20 heavy (non-hydrogen) atoms. The molecule has 0 spiro atoms. The minimum absolute atomic E-state index is 0.387. The van der Waals surface area contributed by atoms with E-state index in [0.29, 0.717) is 12.1 Å². The minimum Gasteiger partial charge on any atom is -0.374 e. The van der Waals surface area contributed by atoms with Crippen LogP contribution in [0.15, 0.2) is 0 Å². The van der Waals surface area contributed by atoms with Gasteiger partial charge in [-0.05, 0) is 38.3 Å². The zero-order valence-electron chi connectivity index (χ0n) is 13.7. The number of nitrogens with one attached hydrogen (secondary N) is 1. The molecule has 1 heterocycles. The van der Waals surface area contributed by atoms with Gasteiger partial charge in [-0.25, -0.2) is 0 Å². The lowest BCUT2D eigenvalue weighted by molar-refractivity contribution is -0.0638. The first kappa shape index (κ1) is 16.3. The molecule has 0 aromatic rings. The van der Waals surface area contributed by atoms with Crippen molar-refractivity contribution in [1.82, 2.24) is 10.2 Å². The number of morpholine rings is 1. The van der Waals surface area contributed by atoms with Gasteiger partial charge in [0.15, 0.2) is 0 Å². The third-order valence-corrected chi connectivity index (χ3v) is 5.40. The average Bonchev–Trinajstić information content (AvgIpc) is 2.49. The van der Waals surface area contributed by atoms with Crippen molar-refractivity contribution in [3.8, 4) is 0 Å². The standard InChI is InChI=1S/C17H34N2O/c1-4-10-19-11-12-20-16(13-19)17(18-3)15-9-7-6-8-14(15)5-2/h14-18H,4-13H2,1-3H3. The maximum absolute atomic E-state index is 6.15. The summed E-state index contributed by atoms with van der Waals surface area (Å²) >= 11 is 0. The maximum Gasteiger partial charge on any atom is 0.0857 e. The van der Waals surface area contributed by atoms with Crippen LogP contribution in [0.1, 0.15) is 52.4 Å². The van der Waals surface area contributed by atoms with E-state index in [1.54, 1.807) is 0 Å². The molecular weight excluding hydrogens is 248 g/mol. The lowest BCUT2D eigenvalue weighted by Gasteiger charge is -2.43. The summed E-state index contributed by atoms with van der Waals surface area (Å²) in [5.74, 6) is 1.71. The Kier molecular flexibility index (Phi) is 6.79. The van der Waals surface area contributed by atoms with E-state index in [-0.39, 0.29) is 0 Å². The predicted octanol–water partition coefficient (Wildman–Crippen LogP) is 2.90. The molecule has 0 bridgehead atoms. The van der Waals surface area contributed by atoms with Gasteiger partial charge in [0, 0.05) is 19.1 Å². The molecule has 0 aromatic carbocycles. The monoisotopic (exact) mass is 282 g/mol. The normalized spacial score (nSPS) is 34.0. The second-order valence-electron chi connectivity index (χ2n) is 6.64. The van der Waals surface area contributed by atoms with E-state index in [4.69, 9.17) is 4.74 Å². The second-order valence-corrected chi connectivity index (χ2v) is 6.64. The molecule has 1 saturated heterocycles. The molecule has 1 N–H and O–H groups in total. The fraction of sp³-hybridized carbons (Fsp3) is 1.00. The number of ether oxygens (including phenoxy) is 1. The van der Waals surface area contributed by atoms with Crippen molar-refractivity contribution in [3.05, 3.63) is 0 Å². The Morgan fingerprint density at radius 1 is 1.25 bits per heavy atom. The lowest BCUT2D eigenvalue weighted by Crippen LogP contribution is -2.55. The highest BCUT2D eigenvalue weighted by atomic mass is 16.5. The van der Waals surface area contributed by atoms with Gasteiger partial charge in [0.1, 0.15) is 0 Å². The van der Waals surface area contributed by atoms with Gasteiger partial charge in [-0.1, -0.05) is 39.5 Å². The van der Waals surface area contributed by atoms with Gasteiger partial charge in [-0.3, -0.25) is 4.90 Å². The summed E-state index contributed by atoms with van der Waals surface area (Å²) in [7, 11) is 2.13. The summed E-state index contributed by atoms with van der Waals surface area (Å²) in [6.07, 6.45) is 8.61. The van der Waals surface area contributed by atoms with Crippen molar-refractivity contribution in [1.29, 1.82) is 0 Å². The van der Waals surface area contributed by atoms with Crippen molar-refractivity contribution in [2.24, 2.45) is 11.8 Å². The minimum atomic E-state index is 0.387. The van der Waals surface area contributed by atoms with Crippen LogP contribution in [0.5, 0.6) is 0 Å². The first-order valence-corrected chi connectivity index (χ1v) is 8.81. The predicted molar refractivity (Wildman–Crippen MR) is 85.1 cm³/mol. The molecule has 4 unspecified atom stereocenters. The molecule has 0 radical (unpaired) electrons. The summed E-state index contributed by atoms with van der Waals surface area (Å²) < 4.78 is 6.15. The van der Waals surface area contributed by atoms with Gasteiger partial charge in [-0.2, -0.15) is 0 Å². The Balaban J connectivity index is 1.98. The first-order chi connectivity index (χ1) is 9.80. The van der Waals surface area contributed by atoms with Crippen molar-refractivity contribution >= 4 is 0 Å². The van der Waals surface area contributed by atoms with Gasteiger partial charge in [0.05, 0.1) is 12.7 Å². The van der Waals surface area contributed by atoms with Gasteiger partial charge in [0.25, 0.3) is 0 Å². The topological polar surface area (TPSA) is 24.5 Å².